The summed E-state index contributed by atoms with van der Waals surface area (Å²) in [5.74, 6) is -0.874. The molecule has 0 aromatic heterocycles. The maximum atomic E-state index is 11.5. The average Bonchev–Trinajstić information content (AvgIpc) is 2.29. The lowest BCUT2D eigenvalue weighted by atomic mass is 10.2. The SMILES string of the molecule is CCC/C=C(\C=C\C(=O)OCC)C(=O)OCC. The van der Waals surface area contributed by atoms with Crippen LogP contribution in [0.1, 0.15) is 33.6 Å². The van der Waals surface area contributed by atoms with Crippen molar-refractivity contribution in [3.8, 4) is 0 Å². The van der Waals surface area contributed by atoms with Crippen molar-refractivity contribution in [2.45, 2.75) is 33.6 Å². The molecule has 0 atom stereocenters. The molecule has 0 aliphatic rings. The molecule has 0 amide bonds. The summed E-state index contributed by atoms with van der Waals surface area (Å²) in [6.45, 7) is 6.11. The number of carbonyl (C=O) groups is 2. The number of carbonyl (C=O) groups excluding carboxylic acids is 2. The van der Waals surface area contributed by atoms with Crippen LogP contribution in [-0.4, -0.2) is 25.2 Å². The molecule has 0 fully saturated rings. The Labute approximate surface area is 102 Å². The molecule has 0 saturated carbocycles. The van der Waals surface area contributed by atoms with Gasteiger partial charge in [0.2, 0.25) is 0 Å². The van der Waals surface area contributed by atoms with E-state index >= 15 is 0 Å². The molecule has 4 heteroatoms. The second-order valence-electron chi connectivity index (χ2n) is 3.25. The second-order valence-corrected chi connectivity index (χ2v) is 3.25. The molecule has 0 aliphatic heterocycles. The van der Waals surface area contributed by atoms with Gasteiger partial charge in [0.1, 0.15) is 0 Å². The molecule has 0 bridgehead atoms. The highest BCUT2D eigenvalue weighted by molar-refractivity contribution is 5.94. The maximum absolute atomic E-state index is 11.5. The van der Waals surface area contributed by atoms with Crippen molar-refractivity contribution in [3.63, 3.8) is 0 Å². The highest BCUT2D eigenvalue weighted by Gasteiger charge is 2.07. The highest BCUT2D eigenvalue weighted by atomic mass is 16.5. The van der Waals surface area contributed by atoms with E-state index in [2.05, 4.69) is 0 Å². The summed E-state index contributed by atoms with van der Waals surface area (Å²) < 4.78 is 9.61. The summed E-state index contributed by atoms with van der Waals surface area (Å²) >= 11 is 0. The minimum absolute atomic E-state index is 0.315. The Hall–Kier alpha value is -1.58. The van der Waals surface area contributed by atoms with Gasteiger partial charge in [-0.3, -0.25) is 0 Å². The lowest BCUT2D eigenvalue weighted by Crippen LogP contribution is -2.07. The molecule has 0 aromatic rings. The van der Waals surface area contributed by atoms with Gasteiger partial charge in [0, 0.05) is 6.08 Å². The van der Waals surface area contributed by atoms with Crippen molar-refractivity contribution in [2.24, 2.45) is 0 Å². The first-order valence-electron chi connectivity index (χ1n) is 5.87. The molecule has 4 nitrogen and oxygen atoms in total. The van der Waals surface area contributed by atoms with Gasteiger partial charge >= 0.3 is 11.9 Å². The lowest BCUT2D eigenvalue weighted by Gasteiger charge is -2.02. The molecule has 17 heavy (non-hydrogen) atoms. The molecule has 0 rings (SSSR count). The van der Waals surface area contributed by atoms with Gasteiger partial charge in [0.05, 0.1) is 18.8 Å². The third kappa shape index (κ3) is 7.33. The summed E-state index contributed by atoms with van der Waals surface area (Å²) in [6, 6.07) is 0. The first kappa shape index (κ1) is 15.4. The standard InChI is InChI=1S/C13H20O4/c1-4-7-8-11(13(15)17-6-3)9-10-12(14)16-5-2/h8-10H,4-7H2,1-3H3/b10-9+,11-8+. The van der Waals surface area contributed by atoms with Gasteiger partial charge in [-0.15, -0.1) is 0 Å². The van der Waals surface area contributed by atoms with E-state index in [0.717, 1.165) is 12.8 Å². The number of hydrogen-bond acceptors (Lipinski definition) is 4. The quantitative estimate of drug-likeness (QED) is 0.389. The van der Waals surface area contributed by atoms with Gasteiger partial charge in [0.25, 0.3) is 0 Å². The third-order valence-electron chi connectivity index (χ3n) is 1.85. The number of rotatable bonds is 7. The predicted octanol–water partition coefficient (Wildman–Crippen LogP) is 2.40. The van der Waals surface area contributed by atoms with Crippen LogP contribution in [0.2, 0.25) is 0 Å². The number of hydrogen-bond donors (Lipinski definition) is 0. The van der Waals surface area contributed by atoms with Crippen LogP contribution in [0.15, 0.2) is 23.8 Å². The van der Waals surface area contributed by atoms with Crippen molar-refractivity contribution in [1.82, 2.24) is 0 Å². The van der Waals surface area contributed by atoms with E-state index in [0.29, 0.717) is 18.8 Å². The fourth-order valence-corrected chi connectivity index (χ4v) is 1.08. The summed E-state index contributed by atoms with van der Waals surface area (Å²) in [5.41, 5.74) is 0.391. The Morgan fingerprint density at radius 3 is 2.18 bits per heavy atom. The smallest absolute Gasteiger partial charge is 0.337 e. The minimum Gasteiger partial charge on any atom is -0.463 e. The zero-order chi connectivity index (χ0) is 13.1. The normalized spacial score (nSPS) is 11.6. The molecule has 0 N–H and O–H groups in total. The zero-order valence-corrected chi connectivity index (χ0v) is 10.7. The molecule has 0 saturated heterocycles. The number of esters is 2. The molecule has 96 valence electrons. The average molecular weight is 240 g/mol. The van der Waals surface area contributed by atoms with Gasteiger partial charge in [-0.25, -0.2) is 9.59 Å². The van der Waals surface area contributed by atoms with Crippen molar-refractivity contribution < 1.29 is 19.1 Å². The largest absolute Gasteiger partial charge is 0.463 e. The monoisotopic (exact) mass is 240 g/mol. The van der Waals surface area contributed by atoms with E-state index < -0.39 is 11.9 Å². The Kier molecular flexibility index (Phi) is 8.74. The van der Waals surface area contributed by atoms with E-state index in [1.165, 1.54) is 12.2 Å². The van der Waals surface area contributed by atoms with Crippen molar-refractivity contribution in [2.75, 3.05) is 13.2 Å². The van der Waals surface area contributed by atoms with E-state index in [4.69, 9.17) is 9.47 Å². The first-order valence-corrected chi connectivity index (χ1v) is 5.87. The van der Waals surface area contributed by atoms with Crippen LogP contribution in [0.3, 0.4) is 0 Å². The second kappa shape index (κ2) is 9.63. The van der Waals surface area contributed by atoms with Crippen LogP contribution >= 0.6 is 0 Å². The molecule has 0 heterocycles. The summed E-state index contributed by atoms with van der Waals surface area (Å²) in [4.78, 5) is 22.6. The van der Waals surface area contributed by atoms with Crippen LogP contribution in [0.5, 0.6) is 0 Å². The summed E-state index contributed by atoms with van der Waals surface area (Å²) in [6.07, 6.45) is 6.12. The molecule has 0 spiro atoms. The van der Waals surface area contributed by atoms with Crippen LogP contribution in [-0.2, 0) is 19.1 Å². The molecule has 0 unspecified atom stereocenters. The van der Waals surface area contributed by atoms with Crippen LogP contribution < -0.4 is 0 Å². The Bertz CT molecular complexity index is 303. The minimum atomic E-state index is -0.459. The maximum Gasteiger partial charge on any atom is 0.337 e. The fourth-order valence-electron chi connectivity index (χ4n) is 1.08. The van der Waals surface area contributed by atoms with E-state index in [1.54, 1.807) is 19.9 Å². The topological polar surface area (TPSA) is 52.6 Å². The van der Waals surface area contributed by atoms with Gasteiger partial charge < -0.3 is 9.47 Å². The van der Waals surface area contributed by atoms with E-state index in [-0.39, 0.29) is 0 Å². The molecule has 0 aliphatic carbocycles. The summed E-state index contributed by atoms with van der Waals surface area (Å²) in [5, 5.41) is 0. The van der Waals surface area contributed by atoms with Gasteiger partial charge in [-0.2, -0.15) is 0 Å². The number of ether oxygens (including phenoxy) is 2. The van der Waals surface area contributed by atoms with Crippen molar-refractivity contribution >= 4 is 11.9 Å². The molecule has 0 radical (unpaired) electrons. The predicted molar refractivity (Wildman–Crippen MR) is 65.4 cm³/mol. The third-order valence-corrected chi connectivity index (χ3v) is 1.85. The fraction of sp³-hybridized carbons (Fsp3) is 0.538. The zero-order valence-electron chi connectivity index (χ0n) is 10.7. The molecule has 0 aromatic carbocycles. The van der Waals surface area contributed by atoms with E-state index in [9.17, 15) is 9.59 Å². The van der Waals surface area contributed by atoms with Gasteiger partial charge in [-0.05, 0) is 26.3 Å². The highest BCUT2D eigenvalue weighted by Crippen LogP contribution is 2.04. The van der Waals surface area contributed by atoms with Crippen LogP contribution in [0.4, 0.5) is 0 Å². The van der Waals surface area contributed by atoms with Crippen LogP contribution in [0.25, 0.3) is 0 Å². The summed E-state index contributed by atoms with van der Waals surface area (Å²) in [7, 11) is 0. The van der Waals surface area contributed by atoms with Crippen molar-refractivity contribution in [3.05, 3.63) is 23.8 Å². The number of allylic oxidation sites excluding steroid dienone is 1. The van der Waals surface area contributed by atoms with E-state index in [1.807, 2.05) is 6.92 Å². The lowest BCUT2D eigenvalue weighted by molar-refractivity contribution is -0.138. The Morgan fingerprint density at radius 2 is 1.65 bits per heavy atom. The van der Waals surface area contributed by atoms with Crippen LogP contribution in [0, 0.1) is 0 Å². The number of unbranched alkanes of at least 4 members (excludes halogenated alkanes) is 1. The Balaban J connectivity index is 4.59. The van der Waals surface area contributed by atoms with Crippen molar-refractivity contribution in [1.29, 1.82) is 0 Å². The first-order chi connectivity index (χ1) is 8.15. The van der Waals surface area contributed by atoms with Gasteiger partial charge in [0.15, 0.2) is 0 Å². The van der Waals surface area contributed by atoms with Gasteiger partial charge in [-0.1, -0.05) is 19.4 Å². The molecular formula is C13H20O4. The Morgan fingerprint density at radius 1 is 1.00 bits per heavy atom. The molecular weight excluding hydrogens is 220 g/mol.